The molecule has 2 saturated carbocycles. The van der Waals surface area contributed by atoms with E-state index in [-0.39, 0.29) is 7.25 Å². The molecule has 2 fully saturated rings. The molecular formula is C62H84Cl4SiZr2. The Bertz CT molecular complexity index is 2180. The summed E-state index contributed by atoms with van der Waals surface area (Å²) in [5.74, 6) is 0. The molecule has 2 atom stereocenters. The van der Waals surface area contributed by atoms with Crippen LogP contribution < -0.4 is 0 Å². The molecule has 0 radical (unpaired) electrons. The van der Waals surface area contributed by atoms with Crippen molar-refractivity contribution in [3.05, 3.63) is 129 Å². The van der Waals surface area contributed by atoms with Gasteiger partial charge in [-0.2, -0.15) is 0 Å². The number of hydrogen-bond donors (Lipinski definition) is 0. The summed E-state index contributed by atoms with van der Waals surface area (Å²) >= 11 is -7.86. The molecule has 4 aliphatic rings. The minimum absolute atomic E-state index is 0.165. The first kappa shape index (κ1) is 54.8. The molecule has 4 aliphatic carbocycles. The molecule has 69 heavy (non-hydrogen) atoms. The predicted octanol–water partition coefficient (Wildman–Crippen LogP) is 21.2. The van der Waals surface area contributed by atoms with Crippen LogP contribution in [0.2, 0.25) is 7.50 Å². The van der Waals surface area contributed by atoms with E-state index in [1.807, 2.05) is 0 Å². The second-order valence-electron chi connectivity index (χ2n) is 22.5. The van der Waals surface area contributed by atoms with Crippen molar-refractivity contribution in [2.75, 3.05) is 0 Å². The summed E-state index contributed by atoms with van der Waals surface area (Å²) in [6.45, 7) is 9.30. The van der Waals surface area contributed by atoms with Crippen molar-refractivity contribution in [3.8, 4) is 22.3 Å². The van der Waals surface area contributed by atoms with E-state index in [9.17, 15) is 0 Å². The summed E-state index contributed by atoms with van der Waals surface area (Å²) in [5.41, 5.74) is 17.3. The molecule has 7 heteroatoms. The van der Waals surface area contributed by atoms with E-state index in [2.05, 4.69) is 125 Å². The van der Waals surface area contributed by atoms with Crippen LogP contribution in [-0.2, 0) is 48.6 Å². The number of benzene rings is 4. The number of rotatable bonds is 18. The van der Waals surface area contributed by atoms with Gasteiger partial charge in [0.1, 0.15) is 0 Å². The van der Waals surface area contributed by atoms with Crippen LogP contribution in [0.25, 0.3) is 34.4 Å². The minimum atomic E-state index is -3.93. The van der Waals surface area contributed by atoms with E-state index in [0.29, 0.717) is 10.8 Å². The molecule has 0 aromatic heterocycles. The molecule has 4 aromatic rings. The van der Waals surface area contributed by atoms with Crippen molar-refractivity contribution in [3.63, 3.8) is 0 Å². The fraction of sp³-hybridized carbons (Fsp3) is 0.548. The SMILES string of the molecule is CCCC1(CC2=Cc3c(-c4ccc(CC)cc4)cccc3[CH]2[Zr]([Cl])([Cl])[CH2][SiH2][CH2][Zr]([Cl])([Cl])[CH]2C(CC3(CCC)CCCCCCCC3)=Cc3c(-c4ccc(CC)cc4)cccc32)CCCCCCCC1. The Morgan fingerprint density at radius 3 is 1.14 bits per heavy atom. The summed E-state index contributed by atoms with van der Waals surface area (Å²) in [6.07, 6.45) is 36.3. The van der Waals surface area contributed by atoms with Gasteiger partial charge in [0.05, 0.1) is 0 Å². The first-order valence-corrected chi connectivity index (χ1v) is 49.0. The third kappa shape index (κ3) is 13.3. The Morgan fingerprint density at radius 1 is 0.464 bits per heavy atom. The number of fused-ring (bicyclic) bond motifs is 2. The molecule has 0 N–H and O–H groups in total. The van der Waals surface area contributed by atoms with Gasteiger partial charge < -0.3 is 0 Å². The van der Waals surface area contributed by atoms with Crippen molar-refractivity contribution in [1.29, 1.82) is 0 Å². The summed E-state index contributed by atoms with van der Waals surface area (Å²) < 4.78 is 2.35. The van der Waals surface area contributed by atoms with Crippen LogP contribution in [0.3, 0.4) is 0 Å². The van der Waals surface area contributed by atoms with Crippen molar-refractivity contribution in [2.45, 2.75) is 197 Å². The summed E-state index contributed by atoms with van der Waals surface area (Å²) in [6, 6.07) is 32.7. The quantitative estimate of drug-likeness (QED) is 0.0871. The average Bonchev–Trinajstić information content (AvgIpc) is 3.97. The third-order valence-electron chi connectivity index (χ3n) is 17.6. The standard InChI is InChI=1S/2C30H39.C2H6Si.4ClH.2Zr/c2*1-3-18-30(19-9-7-5-6-8-10-20-30)23-25-21-27-12-11-13-28(29(27)22-25)26-16-14-24(4-2)15-17-26;1-3-2;;;;;;/h2*11-17,21-22H,3-10,18-20,23H2,1-2H3;1-3H2;4*1H;;/q;;;;;;;2*+2/p-4. The Morgan fingerprint density at radius 2 is 0.812 bits per heavy atom. The fourth-order valence-corrected chi connectivity index (χ4v) is 58.6. The molecular weight excluding hydrogens is 1100 g/mol. The fourth-order valence-electron chi connectivity index (χ4n) is 14.0. The maximum atomic E-state index is 8.26. The second-order valence-corrected chi connectivity index (χ2v) is 60.1. The van der Waals surface area contributed by atoms with E-state index in [1.54, 1.807) is 11.1 Å². The third-order valence-corrected chi connectivity index (χ3v) is 60.7. The van der Waals surface area contributed by atoms with E-state index in [4.69, 9.17) is 34.1 Å². The Hall–Kier alpha value is -0.497. The predicted molar refractivity (Wildman–Crippen MR) is 303 cm³/mol. The first-order valence-electron chi connectivity index (χ1n) is 28.1. The van der Waals surface area contributed by atoms with Gasteiger partial charge in [0.25, 0.3) is 0 Å². The summed E-state index contributed by atoms with van der Waals surface area (Å²) in [7, 11) is 32.2. The topological polar surface area (TPSA) is 0 Å². The van der Waals surface area contributed by atoms with Crippen LogP contribution in [0.4, 0.5) is 0 Å². The maximum absolute atomic E-state index is 8.26. The van der Waals surface area contributed by atoms with Crippen LogP contribution >= 0.6 is 34.1 Å². The van der Waals surface area contributed by atoms with E-state index in [0.717, 1.165) is 33.2 Å². The molecule has 372 valence electrons. The van der Waals surface area contributed by atoms with Gasteiger partial charge >= 0.3 is 451 Å². The zero-order valence-electron chi connectivity index (χ0n) is 43.0. The van der Waals surface area contributed by atoms with Gasteiger partial charge in [0.2, 0.25) is 0 Å². The monoisotopic (exact) mass is 1180 g/mol. The molecule has 0 bridgehead atoms. The Balaban J connectivity index is 1.12. The zero-order chi connectivity index (χ0) is 48.5. The normalized spacial score (nSPS) is 21.0. The van der Waals surface area contributed by atoms with Crippen molar-refractivity contribution in [2.24, 2.45) is 10.8 Å². The van der Waals surface area contributed by atoms with Crippen LogP contribution in [0.15, 0.2) is 96.1 Å². The van der Waals surface area contributed by atoms with E-state index in [1.165, 1.54) is 184 Å². The Kier molecular flexibility index (Phi) is 20.1. The molecule has 0 amide bonds. The molecule has 0 nitrogen and oxygen atoms in total. The number of halogens is 4. The van der Waals surface area contributed by atoms with E-state index >= 15 is 0 Å². The first-order chi connectivity index (χ1) is 33.4. The molecule has 0 spiro atoms. The van der Waals surface area contributed by atoms with Crippen LogP contribution in [0.1, 0.15) is 210 Å². The average molecular weight is 1180 g/mol. The molecule has 0 aliphatic heterocycles. The van der Waals surface area contributed by atoms with Crippen molar-refractivity contribution < 1.29 is 35.8 Å². The molecule has 0 saturated heterocycles. The van der Waals surface area contributed by atoms with Gasteiger partial charge in [-0.1, -0.05) is 0 Å². The van der Waals surface area contributed by atoms with E-state index < -0.39 is 45.3 Å². The van der Waals surface area contributed by atoms with Crippen molar-refractivity contribution >= 4 is 55.7 Å². The Labute approximate surface area is 445 Å². The number of hydrogen-bond acceptors (Lipinski definition) is 0. The molecule has 2 unspecified atom stereocenters. The van der Waals surface area contributed by atoms with Gasteiger partial charge in [0, 0.05) is 0 Å². The van der Waals surface area contributed by atoms with Crippen LogP contribution in [0, 0.1) is 10.8 Å². The molecule has 8 rings (SSSR count). The van der Waals surface area contributed by atoms with Gasteiger partial charge in [-0.15, -0.1) is 0 Å². The number of aryl methyl sites for hydroxylation is 2. The summed E-state index contributed by atoms with van der Waals surface area (Å²) in [5, 5.41) is 0. The van der Waals surface area contributed by atoms with Crippen molar-refractivity contribution in [1.82, 2.24) is 0 Å². The van der Waals surface area contributed by atoms with Crippen LogP contribution in [-0.4, -0.2) is 9.52 Å². The van der Waals surface area contributed by atoms with Gasteiger partial charge in [-0.05, 0) is 0 Å². The second kappa shape index (κ2) is 25.4. The summed E-state index contributed by atoms with van der Waals surface area (Å²) in [4.78, 5) is 0. The zero-order valence-corrected chi connectivity index (χ0v) is 52.4. The van der Waals surface area contributed by atoms with Gasteiger partial charge in [0.15, 0.2) is 0 Å². The molecule has 4 aromatic carbocycles. The number of allylic oxidation sites excluding steroid dienone is 2. The van der Waals surface area contributed by atoms with Gasteiger partial charge in [-0.3, -0.25) is 0 Å². The van der Waals surface area contributed by atoms with Gasteiger partial charge in [-0.25, -0.2) is 0 Å². The molecule has 0 heterocycles. The van der Waals surface area contributed by atoms with Crippen LogP contribution in [0.5, 0.6) is 0 Å².